The summed E-state index contributed by atoms with van der Waals surface area (Å²) in [5, 5.41) is 2.83. The summed E-state index contributed by atoms with van der Waals surface area (Å²) in [7, 11) is 0. The van der Waals surface area contributed by atoms with Crippen LogP contribution in [0.15, 0.2) is 12.4 Å². The summed E-state index contributed by atoms with van der Waals surface area (Å²) in [6, 6.07) is 1.97. The maximum absolute atomic E-state index is 11.1. The van der Waals surface area contributed by atoms with Gasteiger partial charge < -0.3 is 5.32 Å². The van der Waals surface area contributed by atoms with Gasteiger partial charge in [0, 0.05) is 6.42 Å². The average Bonchev–Trinajstić information content (AvgIpc) is 2.93. The van der Waals surface area contributed by atoms with E-state index < -0.39 is 0 Å². The molecule has 4 nitrogen and oxygen atoms in total. The summed E-state index contributed by atoms with van der Waals surface area (Å²) < 4.78 is 1.08. The molecule has 1 N–H and O–H groups in total. The van der Waals surface area contributed by atoms with Gasteiger partial charge in [-0.05, 0) is 19.4 Å². The Hall–Kier alpha value is -1.93. The number of nitrogens with zero attached hydrogens (tertiary/aromatic N) is 2. The third-order valence-electron chi connectivity index (χ3n) is 2.85. The van der Waals surface area contributed by atoms with Crippen molar-refractivity contribution >= 4 is 27.5 Å². The summed E-state index contributed by atoms with van der Waals surface area (Å²) in [6.07, 6.45) is 2.95. The van der Waals surface area contributed by atoms with Crippen LogP contribution in [0.4, 0.5) is 0 Å². The van der Waals surface area contributed by atoms with Gasteiger partial charge in [0.05, 0.1) is 26.8 Å². The van der Waals surface area contributed by atoms with Crippen LogP contribution in [0.1, 0.15) is 23.4 Å². The number of aryl methyl sites for hydroxylation is 1. The minimum absolute atomic E-state index is 0.00473. The Morgan fingerprint density at radius 1 is 1.50 bits per heavy atom. The molecule has 0 aliphatic carbocycles. The number of thiophene rings is 1. The van der Waals surface area contributed by atoms with Gasteiger partial charge in [-0.1, -0.05) is 11.8 Å². The maximum Gasteiger partial charge on any atom is 0.221 e. The molecule has 2 aromatic heterocycles. The number of carbonyl (C=O) groups is 1. The number of rotatable bonds is 0. The van der Waals surface area contributed by atoms with Crippen molar-refractivity contribution in [1.82, 2.24) is 15.3 Å². The van der Waals surface area contributed by atoms with Crippen LogP contribution >= 0.6 is 11.3 Å². The molecule has 18 heavy (non-hydrogen) atoms. The van der Waals surface area contributed by atoms with E-state index in [4.69, 9.17) is 0 Å². The molecular weight excluding hydrogens is 246 g/mol. The van der Waals surface area contributed by atoms with Crippen LogP contribution in [0.5, 0.6) is 0 Å². The minimum atomic E-state index is -0.00473. The summed E-state index contributed by atoms with van der Waals surface area (Å²) in [5.74, 6) is 6.29. The van der Waals surface area contributed by atoms with Crippen LogP contribution < -0.4 is 5.32 Å². The molecule has 0 radical (unpaired) electrons. The van der Waals surface area contributed by atoms with Gasteiger partial charge in [0.2, 0.25) is 5.91 Å². The number of amides is 1. The minimum Gasteiger partial charge on any atom is -0.342 e. The SMILES string of the molecule is Cc1ncnc2cc(C#CC3CCC(=O)N3)sc12. The van der Waals surface area contributed by atoms with Crippen LogP contribution in [-0.4, -0.2) is 21.9 Å². The number of aromatic nitrogens is 2. The van der Waals surface area contributed by atoms with Crippen molar-refractivity contribution in [3.8, 4) is 11.8 Å². The molecule has 2 aromatic rings. The highest BCUT2D eigenvalue weighted by Gasteiger charge is 2.18. The molecule has 3 heterocycles. The van der Waals surface area contributed by atoms with Crippen molar-refractivity contribution in [2.75, 3.05) is 0 Å². The Morgan fingerprint density at radius 2 is 2.39 bits per heavy atom. The fourth-order valence-electron chi connectivity index (χ4n) is 1.92. The van der Waals surface area contributed by atoms with Gasteiger partial charge in [-0.3, -0.25) is 4.79 Å². The topological polar surface area (TPSA) is 54.9 Å². The predicted molar refractivity (Wildman–Crippen MR) is 70.2 cm³/mol. The zero-order chi connectivity index (χ0) is 12.5. The highest BCUT2D eigenvalue weighted by Crippen LogP contribution is 2.24. The maximum atomic E-state index is 11.1. The zero-order valence-corrected chi connectivity index (χ0v) is 10.7. The molecule has 3 rings (SSSR count). The van der Waals surface area contributed by atoms with E-state index in [-0.39, 0.29) is 11.9 Å². The van der Waals surface area contributed by atoms with E-state index in [1.807, 2.05) is 13.0 Å². The van der Waals surface area contributed by atoms with Gasteiger partial charge in [0.15, 0.2) is 0 Å². The van der Waals surface area contributed by atoms with E-state index in [2.05, 4.69) is 27.1 Å². The fraction of sp³-hybridized carbons (Fsp3) is 0.308. The zero-order valence-electron chi connectivity index (χ0n) is 9.86. The number of carbonyl (C=O) groups excluding carboxylic acids is 1. The van der Waals surface area contributed by atoms with E-state index in [0.717, 1.165) is 27.2 Å². The lowest BCUT2D eigenvalue weighted by Gasteiger charge is -1.96. The summed E-state index contributed by atoms with van der Waals surface area (Å²) in [6.45, 7) is 1.97. The fourth-order valence-corrected chi connectivity index (χ4v) is 2.83. The monoisotopic (exact) mass is 257 g/mol. The molecule has 90 valence electrons. The molecule has 0 bridgehead atoms. The molecule has 1 saturated heterocycles. The average molecular weight is 257 g/mol. The first-order valence-corrected chi connectivity index (χ1v) is 6.56. The molecule has 0 aromatic carbocycles. The first-order valence-electron chi connectivity index (χ1n) is 5.74. The van der Waals surface area contributed by atoms with Crippen molar-refractivity contribution in [2.45, 2.75) is 25.8 Å². The second kappa shape index (κ2) is 4.39. The Kier molecular flexibility index (Phi) is 2.73. The van der Waals surface area contributed by atoms with Crippen LogP contribution in [-0.2, 0) is 4.79 Å². The van der Waals surface area contributed by atoms with Crippen LogP contribution in [0.3, 0.4) is 0 Å². The van der Waals surface area contributed by atoms with E-state index in [9.17, 15) is 4.79 Å². The number of fused-ring (bicyclic) bond motifs is 1. The number of hydrogen-bond acceptors (Lipinski definition) is 4. The third-order valence-corrected chi connectivity index (χ3v) is 4.00. The molecule has 1 amide bonds. The smallest absolute Gasteiger partial charge is 0.221 e. The molecule has 0 saturated carbocycles. The van der Waals surface area contributed by atoms with Gasteiger partial charge in [-0.25, -0.2) is 9.97 Å². The second-order valence-electron chi connectivity index (χ2n) is 4.21. The summed E-state index contributed by atoms with van der Waals surface area (Å²) in [4.78, 5) is 20.4. The standard InChI is InChI=1S/C13H11N3OS/c1-8-13-11(15-7-14-8)6-10(18-13)4-2-9-3-5-12(17)16-9/h6-7,9H,3,5H2,1H3,(H,16,17). The van der Waals surface area contributed by atoms with Crippen LogP contribution in [0.25, 0.3) is 10.2 Å². The van der Waals surface area contributed by atoms with Crippen molar-refractivity contribution in [3.05, 3.63) is 23.0 Å². The molecule has 0 spiro atoms. The summed E-state index contributed by atoms with van der Waals surface area (Å²) >= 11 is 1.60. The highest BCUT2D eigenvalue weighted by molar-refractivity contribution is 7.19. The highest BCUT2D eigenvalue weighted by atomic mass is 32.1. The lowest BCUT2D eigenvalue weighted by atomic mass is 10.2. The predicted octanol–water partition coefficient (Wildman–Crippen LogP) is 1.63. The Bertz CT molecular complexity index is 680. The molecule has 1 aliphatic heterocycles. The van der Waals surface area contributed by atoms with E-state index >= 15 is 0 Å². The van der Waals surface area contributed by atoms with Crippen LogP contribution in [0.2, 0.25) is 0 Å². The van der Waals surface area contributed by atoms with E-state index in [0.29, 0.717) is 6.42 Å². The van der Waals surface area contributed by atoms with Crippen LogP contribution in [0, 0.1) is 18.8 Å². The summed E-state index contributed by atoms with van der Waals surface area (Å²) in [5.41, 5.74) is 1.92. The Morgan fingerprint density at radius 3 is 3.11 bits per heavy atom. The van der Waals surface area contributed by atoms with Gasteiger partial charge in [0.1, 0.15) is 6.33 Å². The van der Waals surface area contributed by atoms with Gasteiger partial charge in [-0.15, -0.1) is 11.3 Å². The normalized spacial score (nSPS) is 18.5. The van der Waals surface area contributed by atoms with Gasteiger partial charge >= 0.3 is 0 Å². The van der Waals surface area contributed by atoms with E-state index in [1.165, 1.54) is 0 Å². The number of nitrogens with one attached hydrogen (secondary N) is 1. The van der Waals surface area contributed by atoms with Gasteiger partial charge in [-0.2, -0.15) is 0 Å². The quantitative estimate of drug-likeness (QED) is 0.730. The second-order valence-corrected chi connectivity index (χ2v) is 5.26. The lowest BCUT2D eigenvalue weighted by Crippen LogP contribution is -2.23. The first kappa shape index (κ1) is 11.2. The molecule has 1 fully saturated rings. The molecular formula is C13H11N3OS. The molecule has 1 aliphatic rings. The molecule has 1 unspecified atom stereocenters. The van der Waals surface area contributed by atoms with Crippen molar-refractivity contribution < 1.29 is 4.79 Å². The van der Waals surface area contributed by atoms with E-state index in [1.54, 1.807) is 17.7 Å². The number of hydrogen-bond donors (Lipinski definition) is 1. The largest absolute Gasteiger partial charge is 0.342 e. The lowest BCUT2D eigenvalue weighted by molar-refractivity contribution is -0.119. The first-order chi connectivity index (χ1) is 8.72. The van der Waals surface area contributed by atoms with Gasteiger partial charge in [0.25, 0.3) is 0 Å². The van der Waals surface area contributed by atoms with Crippen molar-refractivity contribution in [1.29, 1.82) is 0 Å². The Labute approximate surface area is 108 Å². The Balaban J connectivity index is 1.89. The third kappa shape index (κ3) is 2.07. The molecule has 1 atom stereocenters. The van der Waals surface area contributed by atoms with Crippen molar-refractivity contribution in [3.63, 3.8) is 0 Å². The van der Waals surface area contributed by atoms with Crippen molar-refractivity contribution in [2.24, 2.45) is 0 Å². The molecule has 5 heteroatoms.